The Balaban J connectivity index is 1.73. The summed E-state index contributed by atoms with van der Waals surface area (Å²) in [5.74, 6) is 0.593. The molecule has 0 saturated heterocycles. The SMILES string of the molecule is Cc1ccc(Cl)cc1S(=O)(=O)Nc1cccc(-c2nc3ncccn3c2C)c1. The lowest BCUT2D eigenvalue weighted by Gasteiger charge is -2.11. The molecule has 6 nitrogen and oxygen atoms in total. The molecule has 142 valence electrons. The van der Waals surface area contributed by atoms with Crippen LogP contribution in [-0.4, -0.2) is 22.8 Å². The summed E-state index contributed by atoms with van der Waals surface area (Å²) >= 11 is 5.98. The predicted molar refractivity (Wildman–Crippen MR) is 110 cm³/mol. The van der Waals surface area contributed by atoms with E-state index in [0.29, 0.717) is 22.1 Å². The fourth-order valence-electron chi connectivity index (χ4n) is 3.08. The molecule has 0 saturated carbocycles. The van der Waals surface area contributed by atoms with Gasteiger partial charge in [-0.25, -0.2) is 18.4 Å². The van der Waals surface area contributed by atoms with E-state index in [4.69, 9.17) is 11.6 Å². The Kier molecular flexibility index (Phi) is 4.56. The first kappa shape index (κ1) is 18.5. The first-order chi connectivity index (χ1) is 13.3. The molecular weight excluding hydrogens is 396 g/mol. The molecule has 28 heavy (non-hydrogen) atoms. The van der Waals surface area contributed by atoms with E-state index in [2.05, 4.69) is 14.7 Å². The lowest BCUT2D eigenvalue weighted by atomic mass is 10.1. The van der Waals surface area contributed by atoms with Gasteiger partial charge in [0, 0.05) is 34.4 Å². The van der Waals surface area contributed by atoms with Crippen LogP contribution in [0.3, 0.4) is 0 Å². The lowest BCUT2D eigenvalue weighted by molar-refractivity contribution is 0.600. The molecule has 4 aromatic rings. The van der Waals surface area contributed by atoms with E-state index in [1.54, 1.807) is 43.5 Å². The number of hydrogen-bond donors (Lipinski definition) is 1. The molecule has 0 aliphatic rings. The standard InChI is InChI=1S/C20H17ClN4O2S/c1-13-7-8-16(21)12-18(13)28(26,27)24-17-6-3-5-15(11-17)19-14(2)25-10-4-9-22-20(25)23-19/h3-12,24H,1-2H3. The first-order valence-electron chi connectivity index (χ1n) is 8.54. The van der Waals surface area contributed by atoms with E-state index >= 15 is 0 Å². The van der Waals surface area contributed by atoms with Gasteiger partial charge in [0.25, 0.3) is 10.0 Å². The zero-order chi connectivity index (χ0) is 19.9. The molecular formula is C20H17ClN4O2S. The van der Waals surface area contributed by atoms with Crippen molar-refractivity contribution >= 4 is 33.1 Å². The third-order valence-corrected chi connectivity index (χ3v) is 6.23. The van der Waals surface area contributed by atoms with Crippen molar-refractivity contribution in [3.8, 4) is 11.3 Å². The number of rotatable bonds is 4. The van der Waals surface area contributed by atoms with E-state index in [1.165, 1.54) is 6.07 Å². The predicted octanol–water partition coefficient (Wildman–Crippen LogP) is 4.47. The largest absolute Gasteiger partial charge is 0.288 e. The molecule has 2 aromatic carbocycles. The molecule has 0 aliphatic carbocycles. The minimum absolute atomic E-state index is 0.151. The number of aryl methyl sites for hydroxylation is 2. The normalized spacial score (nSPS) is 11.7. The van der Waals surface area contributed by atoms with Gasteiger partial charge in [-0.3, -0.25) is 9.12 Å². The van der Waals surface area contributed by atoms with Crippen LogP contribution in [0, 0.1) is 13.8 Å². The van der Waals surface area contributed by atoms with Crippen LogP contribution in [0.15, 0.2) is 65.8 Å². The Hall–Kier alpha value is -2.90. The van der Waals surface area contributed by atoms with Gasteiger partial charge in [0.2, 0.25) is 5.78 Å². The highest BCUT2D eigenvalue weighted by atomic mass is 35.5. The molecule has 4 rings (SSSR count). The van der Waals surface area contributed by atoms with Crippen molar-refractivity contribution in [3.63, 3.8) is 0 Å². The monoisotopic (exact) mass is 412 g/mol. The summed E-state index contributed by atoms with van der Waals surface area (Å²) in [5, 5.41) is 0.368. The van der Waals surface area contributed by atoms with E-state index in [1.807, 2.05) is 29.7 Å². The van der Waals surface area contributed by atoms with Crippen molar-refractivity contribution in [2.45, 2.75) is 18.7 Å². The Bertz CT molecular complexity index is 1300. The number of halogens is 1. The molecule has 0 aliphatic heterocycles. The molecule has 1 N–H and O–H groups in total. The van der Waals surface area contributed by atoms with Gasteiger partial charge in [-0.1, -0.05) is 29.8 Å². The second-order valence-electron chi connectivity index (χ2n) is 6.43. The molecule has 0 atom stereocenters. The summed E-state index contributed by atoms with van der Waals surface area (Å²) < 4.78 is 30.2. The highest BCUT2D eigenvalue weighted by molar-refractivity contribution is 7.92. The quantitative estimate of drug-likeness (QED) is 0.536. The van der Waals surface area contributed by atoms with Gasteiger partial charge in [0.15, 0.2) is 0 Å². The number of nitrogens with one attached hydrogen (secondary N) is 1. The minimum Gasteiger partial charge on any atom is -0.288 e. The zero-order valence-corrected chi connectivity index (χ0v) is 16.8. The highest BCUT2D eigenvalue weighted by Crippen LogP contribution is 2.28. The number of anilines is 1. The highest BCUT2D eigenvalue weighted by Gasteiger charge is 2.18. The Morgan fingerprint density at radius 3 is 2.68 bits per heavy atom. The van der Waals surface area contributed by atoms with E-state index in [9.17, 15) is 8.42 Å². The molecule has 0 radical (unpaired) electrons. The Morgan fingerprint density at radius 2 is 1.89 bits per heavy atom. The topological polar surface area (TPSA) is 76.4 Å². The Morgan fingerprint density at radius 1 is 1.07 bits per heavy atom. The van der Waals surface area contributed by atoms with Crippen LogP contribution in [0.25, 0.3) is 17.0 Å². The summed E-state index contributed by atoms with van der Waals surface area (Å²) in [7, 11) is -3.77. The van der Waals surface area contributed by atoms with Gasteiger partial charge < -0.3 is 0 Å². The molecule has 8 heteroatoms. The number of nitrogens with zero attached hydrogens (tertiary/aromatic N) is 3. The van der Waals surface area contributed by atoms with Crippen LogP contribution in [0.1, 0.15) is 11.3 Å². The van der Waals surface area contributed by atoms with Crippen LogP contribution in [0.4, 0.5) is 5.69 Å². The summed E-state index contributed by atoms with van der Waals surface area (Å²) in [4.78, 5) is 8.97. The van der Waals surface area contributed by atoms with Crippen LogP contribution in [0.2, 0.25) is 5.02 Å². The average molecular weight is 413 g/mol. The smallest absolute Gasteiger partial charge is 0.262 e. The van der Waals surface area contributed by atoms with Gasteiger partial charge in [0.1, 0.15) is 0 Å². The van der Waals surface area contributed by atoms with Gasteiger partial charge >= 0.3 is 0 Å². The third kappa shape index (κ3) is 3.34. The second kappa shape index (κ2) is 6.92. The number of sulfonamides is 1. The van der Waals surface area contributed by atoms with Gasteiger partial charge in [0.05, 0.1) is 10.6 Å². The lowest BCUT2D eigenvalue weighted by Crippen LogP contribution is -2.14. The number of imidazole rings is 1. The first-order valence-corrected chi connectivity index (χ1v) is 10.4. The minimum atomic E-state index is -3.77. The average Bonchev–Trinajstić information content (AvgIpc) is 3.00. The van der Waals surface area contributed by atoms with Crippen LogP contribution < -0.4 is 4.72 Å². The van der Waals surface area contributed by atoms with E-state index < -0.39 is 10.0 Å². The maximum atomic E-state index is 12.8. The summed E-state index contributed by atoms with van der Waals surface area (Å²) in [6.45, 7) is 3.68. The molecule has 0 fully saturated rings. The van der Waals surface area contributed by atoms with Crippen molar-refractivity contribution in [1.82, 2.24) is 14.4 Å². The Labute approximate surface area is 167 Å². The molecule has 2 heterocycles. The summed E-state index contributed by atoms with van der Waals surface area (Å²) in [6.07, 6.45) is 3.58. The number of aromatic nitrogens is 3. The van der Waals surface area contributed by atoms with Gasteiger partial charge in [-0.15, -0.1) is 0 Å². The van der Waals surface area contributed by atoms with Gasteiger partial charge in [-0.05, 0) is 49.7 Å². The van der Waals surface area contributed by atoms with Crippen LogP contribution in [0.5, 0.6) is 0 Å². The molecule has 0 bridgehead atoms. The zero-order valence-electron chi connectivity index (χ0n) is 15.2. The fourth-order valence-corrected chi connectivity index (χ4v) is 4.64. The molecule has 0 unspecified atom stereocenters. The van der Waals surface area contributed by atoms with Crippen molar-refractivity contribution in [2.24, 2.45) is 0 Å². The van der Waals surface area contributed by atoms with E-state index in [0.717, 1.165) is 17.0 Å². The second-order valence-corrected chi connectivity index (χ2v) is 8.52. The van der Waals surface area contributed by atoms with Crippen molar-refractivity contribution in [2.75, 3.05) is 4.72 Å². The number of hydrogen-bond acceptors (Lipinski definition) is 4. The maximum absolute atomic E-state index is 12.8. The van der Waals surface area contributed by atoms with E-state index in [-0.39, 0.29) is 4.90 Å². The van der Waals surface area contributed by atoms with Crippen molar-refractivity contribution in [1.29, 1.82) is 0 Å². The molecule has 0 spiro atoms. The van der Waals surface area contributed by atoms with Crippen molar-refractivity contribution < 1.29 is 8.42 Å². The number of fused-ring (bicyclic) bond motifs is 1. The maximum Gasteiger partial charge on any atom is 0.262 e. The molecule has 2 aromatic heterocycles. The third-order valence-electron chi connectivity index (χ3n) is 4.47. The van der Waals surface area contributed by atoms with Crippen molar-refractivity contribution in [3.05, 3.63) is 77.2 Å². The fraction of sp³-hybridized carbons (Fsp3) is 0.100. The summed E-state index contributed by atoms with van der Waals surface area (Å²) in [6, 6.07) is 13.8. The number of benzene rings is 2. The van der Waals surface area contributed by atoms with Gasteiger partial charge in [-0.2, -0.15) is 0 Å². The molecule has 0 amide bonds. The van der Waals surface area contributed by atoms with Crippen LogP contribution in [-0.2, 0) is 10.0 Å². The summed E-state index contributed by atoms with van der Waals surface area (Å²) in [5.41, 5.74) is 3.54. The van der Waals surface area contributed by atoms with Crippen LogP contribution >= 0.6 is 11.6 Å².